The van der Waals surface area contributed by atoms with Gasteiger partial charge in [-0.15, -0.1) is 0 Å². The molecule has 0 aromatic carbocycles. The van der Waals surface area contributed by atoms with Gasteiger partial charge >= 0.3 is 17.9 Å². The first-order valence-corrected chi connectivity index (χ1v) is 26.8. The van der Waals surface area contributed by atoms with Crippen molar-refractivity contribution in [2.45, 2.75) is 297 Å². The molecule has 0 aliphatic heterocycles. The molecule has 0 aliphatic carbocycles. The molecule has 358 valence electrons. The molecule has 1 unspecified atom stereocenters. The molecule has 0 spiro atoms. The zero-order valence-electron chi connectivity index (χ0n) is 40.9. The van der Waals surface area contributed by atoms with Crippen LogP contribution in [-0.4, -0.2) is 37.2 Å². The summed E-state index contributed by atoms with van der Waals surface area (Å²) in [6.07, 6.45) is 57.4. The molecular formula is C55H102O6. The Hall–Kier alpha value is -2.11. The maximum absolute atomic E-state index is 12.8. The van der Waals surface area contributed by atoms with Crippen LogP contribution in [0.4, 0.5) is 0 Å². The highest BCUT2D eigenvalue weighted by atomic mass is 16.6. The lowest BCUT2D eigenvalue weighted by Gasteiger charge is -2.18. The molecule has 0 rings (SSSR count). The molecule has 0 N–H and O–H groups in total. The third kappa shape index (κ3) is 48.8. The summed E-state index contributed by atoms with van der Waals surface area (Å²) in [6.45, 7) is 6.62. The number of carbonyl (C=O) groups excluding carboxylic acids is 3. The van der Waals surface area contributed by atoms with E-state index in [1.807, 2.05) is 0 Å². The van der Waals surface area contributed by atoms with Gasteiger partial charge in [-0.05, 0) is 51.4 Å². The molecule has 6 nitrogen and oxygen atoms in total. The minimum atomic E-state index is -0.772. The smallest absolute Gasteiger partial charge is 0.306 e. The number of unbranched alkanes of at least 4 members (excludes halogenated alkanes) is 34. The third-order valence-electron chi connectivity index (χ3n) is 12.0. The first kappa shape index (κ1) is 58.9. The molecule has 0 aliphatic rings. The fraction of sp³-hybridized carbons (Fsp3) is 0.873. The Kier molecular flexibility index (Phi) is 48.8. The van der Waals surface area contributed by atoms with Gasteiger partial charge in [-0.1, -0.05) is 244 Å². The molecule has 0 aromatic rings. The van der Waals surface area contributed by atoms with Crippen LogP contribution < -0.4 is 0 Å². The normalized spacial score (nSPS) is 12.1. The Morgan fingerprint density at radius 1 is 0.328 bits per heavy atom. The SMILES string of the molecule is CCCCC/C=C\C/C=C\CCCCCCCC(=O)OC(COC(=O)CCCCCCCCCCC)COC(=O)CCCCCCCCCCCCCCCCCCCCC. The Morgan fingerprint density at radius 2 is 0.590 bits per heavy atom. The Labute approximate surface area is 379 Å². The second-order valence-electron chi connectivity index (χ2n) is 18.2. The number of hydrogen-bond acceptors (Lipinski definition) is 6. The van der Waals surface area contributed by atoms with Crippen LogP contribution in [0, 0.1) is 0 Å². The van der Waals surface area contributed by atoms with Gasteiger partial charge in [0, 0.05) is 19.3 Å². The largest absolute Gasteiger partial charge is 0.462 e. The van der Waals surface area contributed by atoms with Crippen LogP contribution in [0.5, 0.6) is 0 Å². The van der Waals surface area contributed by atoms with Crippen LogP contribution in [0.3, 0.4) is 0 Å². The van der Waals surface area contributed by atoms with E-state index in [1.165, 1.54) is 173 Å². The van der Waals surface area contributed by atoms with Crippen LogP contribution in [0.25, 0.3) is 0 Å². The molecule has 0 fully saturated rings. The van der Waals surface area contributed by atoms with Gasteiger partial charge in [0.15, 0.2) is 6.10 Å². The molecule has 0 bridgehead atoms. The van der Waals surface area contributed by atoms with Crippen LogP contribution >= 0.6 is 0 Å². The number of allylic oxidation sites excluding steroid dienone is 4. The highest BCUT2D eigenvalue weighted by Gasteiger charge is 2.19. The van der Waals surface area contributed by atoms with E-state index in [-0.39, 0.29) is 31.1 Å². The highest BCUT2D eigenvalue weighted by Crippen LogP contribution is 2.16. The monoisotopic (exact) mass is 859 g/mol. The summed E-state index contributed by atoms with van der Waals surface area (Å²) < 4.78 is 16.8. The summed E-state index contributed by atoms with van der Waals surface area (Å²) in [4.78, 5) is 37.9. The van der Waals surface area contributed by atoms with E-state index in [2.05, 4.69) is 45.1 Å². The predicted octanol–water partition coefficient (Wildman–Crippen LogP) is 17.5. The summed E-state index contributed by atoms with van der Waals surface area (Å²) >= 11 is 0. The average molecular weight is 859 g/mol. The zero-order valence-corrected chi connectivity index (χ0v) is 40.9. The second-order valence-corrected chi connectivity index (χ2v) is 18.2. The summed E-state index contributed by atoms with van der Waals surface area (Å²) in [5, 5.41) is 0. The fourth-order valence-corrected chi connectivity index (χ4v) is 7.89. The first-order chi connectivity index (χ1) is 30.0. The number of ether oxygens (including phenoxy) is 3. The lowest BCUT2D eigenvalue weighted by atomic mass is 10.0. The summed E-state index contributed by atoms with van der Waals surface area (Å²) in [5.74, 6) is -0.874. The molecule has 1 atom stereocenters. The van der Waals surface area contributed by atoms with Gasteiger partial charge in [-0.25, -0.2) is 0 Å². The van der Waals surface area contributed by atoms with Crippen LogP contribution in [0.1, 0.15) is 290 Å². The first-order valence-electron chi connectivity index (χ1n) is 26.8. The number of hydrogen-bond donors (Lipinski definition) is 0. The minimum absolute atomic E-state index is 0.0722. The number of carbonyl (C=O) groups is 3. The van der Waals surface area contributed by atoms with E-state index >= 15 is 0 Å². The van der Waals surface area contributed by atoms with E-state index in [4.69, 9.17) is 14.2 Å². The van der Waals surface area contributed by atoms with Crippen molar-refractivity contribution < 1.29 is 28.6 Å². The predicted molar refractivity (Wildman–Crippen MR) is 261 cm³/mol. The van der Waals surface area contributed by atoms with E-state index in [0.717, 1.165) is 77.0 Å². The van der Waals surface area contributed by atoms with Gasteiger partial charge in [-0.3, -0.25) is 14.4 Å². The lowest BCUT2D eigenvalue weighted by molar-refractivity contribution is -0.167. The minimum Gasteiger partial charge on any atom is -0.462 e. The van der Waals surface area contributed by atoms with Gasteiger partial charge in [0.1, 0.15) is 13.2 Å². The van der Waals surface area contributed by atoms with Crippen molar-refractivity contribution in [1.29, 1.82) is 0 Å². The maximum atomic E-state index is 12.8. The van der Waals surface area contributed by atoms with Gasteiger partial charge in [0.2, 0.25) is 0 Å². The van der Waals surface area contributed by atoms with Crippen molar-refractivity contribution in [2.75, 3.05) is 13.2 Å². The van der Waals surface area contributed by atoms with Crippen molar-refractivity contribution in [1.82, 2.24) is 0 Å². The second kappa shape index (κ2) is 50.5. The summed E-state index contributed by atoms with van der Waals surface area (Å²) in [6, 6.07) is 0. The van der Waals surface area contributed by atoms with Gasteiger partial charge in [-0.2, -0.15) is 0 Å². The van der Waals surface area contributed by atoms with Crippen molar-refractivity contribution in [2.24, 2.45) is 0 Å². The summed E-state index contributed by atoms with van der Waals surface area (Å²) in [7, 11) is 0. The van der Waals surface area contributed by atoms with E-state index in [1.54, 1.807) is 0 Å². The molecule has 0 saturated heterocycles. The highest BCUT2D eigenvalue weighted by molar-refractivity contribution is 5.71. The van der Waals surface area contributed by atoms with Crippen molar-refractivity contribution in [3.8, 4) is 0 Å². The molecular weight excluding hydrogens is 757 g/mol. The fourth-order valence-electron chi connectivity index (χ4n) is 7.89. The third-order valence-corrected chi connectivity index (χ3v) is 12.0. The van der Waals surface area contributed by atoms with Crippen molar-refractivity contribution in [3.63, 3.8) is 0 Å². The van der Waals surface area contributed by atoms with Crippen LogP contribution in [-0.2, 0) is 28.6 Å². The molecule has 0 aromatic heterocycles. The maximum Gasteiger partial charge on any atom is 0.306 e. The van der Waals surface area contributed by atoms with Crippen LogP contribution in [0.2, 0.25) is 0 Å². The van der Waals surface area contributed by atoms with E-state index in [0.29, 0.717) is 19.3 Å². The molecule has 0 heterocycles. The lowest BCUT2D eigenvalue weighted by Crippen LogP contribution is -2.30. The molecule has 6 heteroatoms. The van der Waals surface area contributed by atoms with E-state index < -0.39 is 6.10 Å². The Balaban J connectivity index is 4.26. The van der Waals surface area contributed by atoms with Gasteiger partial charge in [0.25, 0.3) is 0 Å². The molecule has 0 amide bonds. The molecule has 0 radical (unpaired) electrons. The van der Waals surface area contributed by atoms with Crippen molar-refractivity contribution >= 4 is 17.9 Å². The molecule has 61 heavy (non-hydrogen) atoms. The summed E-state index contributed by atoms with van der Waals surface area (Å²) in [5.41, 5.74) is 0. The van der Waals surface area contributed by atoms with E-state index in [9.17, 15) is 14.4 Å². The topological polar surface area (TPSA) is 78.9 Å². The number of rotatable bonds is 49. The standard InChI is InChI=1S/C55H102O6/c1-4-7-10-13-16-19-21-23-25-26-27-28-30-31-33-36-39-42-45-48-54(57)60-51-52(50-59-53(56)47-44-41-38-35-18-15-12-9-6-3)61-55(58)49-46-43-40-37-34-32-29-24-22-20-17-14-11-8-5-2/h17,20,24,29,52H,4-16,18-19,21-23,25-28,30-51H2,1-3H3/b20-17-,29-24-. The molecule has 0 saturated carbocycles. The Bertz CT molecular complexity index is 989. The van der Waals surface area contributed by atoms with Crippen molar-refractivity contribution in [3.05, 3.63) is 24.3 Å². The zero-order chi connectivity index (χ0) is 44.4. The Morgan fingerprint density at radius 3 is 0.934 bits per heavy atom. The average Bonchev–Trinajstić information content (AvgIpc) is 3.26. The van der Waals surface area contributed by atoms with Crippen LogP contribution in [0.15, 0.2) is 24.3 Å². The quantitative estimate of drug-likeness (QED) is 0.0262. The number of esters is 3. The van der Waals surface area contributed by atoms with Gasteiger partial charge in [0.05, 0.1) is 0 Å². The van der Waals surface area contributed by atoms with Gasteiger partial charge < -0.3 is 14.2 Å².